The molecule has 0 aliphatic carbocycles. The summed E-state index contributed by atoms with van der Waals surface area (Å²) >= 11 is 0. The number of rotatable bonds is 1. The van der Waals surface area contributed by atoms with Gasteiger partial charge in [0.1, 0.15) is 23.4 Å². The highest BCUT2D eigenvalue weighted by molar-refractivity contribution is 6.05. The molecule has 0 saturated heterocycles. The second-order valence-electron chi connectivity index (χ2n) is 7.73. The van der Waals surface area contributed by atoms with Crippen molar-refractivity contribution in [3.63, 3.8) is 0 Å². The van der Waals surface area contributed by atoms with Crippen LogP contribution in [0.2, 0.25) is 0 Å². The van der Waals surface area contributed by atoms with Crippen molar-refractivity contribution in [2.45, 2.75) is 32.7 Å². The molecule has 0 fully saturated rings. The quantitative estimate of drug-likeness (QED) is 0.493. The van der Waals surface area contributed by atoms with Crippen LogP contribution < -0.4 is 10.1 Å². The minimum atomic E-state index is -0.359. The van der Waals surface area contributed by atoms with Crippen LogP contribution in [0.4, 0.5) is 5.82 Å². The van der Waals surface area contributed by atoms with E-state index in [0.29, 0.717) is 35.2 Å². The van der Waals surface area contributed by atoms with Gasteiger partial charge in [0, 0.05) is 12.2 Å². The Morgan fingerprint density at radius 3 is 2.97 bits per heavy atom. The third kappa shape index (κ3) is 3.82. The van der Waals surface area contributed by atoms with E-state index in [4.69, 9.17) is 4.74 Å². The summed E-state index contributed by atoms with van der Waals surface area (Å²) in [4.78, 5) is 26.4. The molecule has 0 saturated carbocycles. The first kappa shape index (κ1) is 19.9. The fourth-order valence-electron chi connectivity index (χ4n) is 3.67. The summed E-state index contributed by atoms with van der Waals surface area (Å²) in [6.07, 6.45) is 8.55. The summed E-state index contributed by atoms with van der Waals surface area (Å²) in [6.45, 7) is 4.44. The number of pyridine rings is 2. The van der Waals surface area contributed by atoms with Gasteiger partial charge in [-0.25, -0.2) is 15.0 Å². The molecule has 1 aliphatic heterocycles. The first-order valence-electron chi connectivity index (χ1n) is 10.4. The highest BCUT2D eigenvalue weighted by Gasteiger charge is 2.20. The molecule has 0 unspecified atom stereocenters. The van der Waals surface area contributed by atoms with Gasteiger partial charge >= 0.3 is 0 Å². The Hall–Kier alpha value is -4.08. The lowest BCUT2D eigenvalue weighted by Gasteiger charge is -2.17. The monoisotopic (exact) mass is 430 g/mol. The normalized spacial score (nSPS) is 16.3. The zero-order chi connectivity index (χ0) is 22.1. The van der Waals surface area contributed by atoms with Gasteiger partial charge in [0.15, 0.2) is 5.82 Å². The van der Waals surface area contributed by atoms with Crippen LogP contribution in [0, 0.1) is 6.92 Å². The number of fused-ring (bicyclic) bond motifs is 5. The maximum absolute atomic E-state index is 13.2. The lowest BCUT2D eigenvalue weighted by atomic mass is 10.1. The molecule has 0 aromatic carbocycles. The zero-order valence-corrected chi connectivity index (χ0v) is 17.8. The number of ether oxygens (including phenoxy) is 1. The fourth-order valence-corrected chi connectivity index (χ4v) is 3.67. The van der Waals surface area contributed by atoms with Gasteiger partial charge in [-0.1, -0.05) is 6.07 Å². The van der Waals surface area contributed by atoms with E-state index in [1.165, 1.54) is 0 Å². The van der Waals surface area contributed by atoms with Crippen molar-refractivity contribution in [2.75, 3.05) is 11.9 Å². The van der Waals surface area contributed by atoms with E-state index in [9.17, 15) is 4.79 Å². The molecular weight excluding hydrogens is 408 g/mol. The van der Waals surface area contributed by atoms with E-state index < -0.39 is 0 Å². The van der Waals surface area contributed by atoms with Crippen molar-refractivity contribution in [2.24, 2.45) is 0 Å². The minimum absolute atomic E-state index is 0.158. The van der Waals surface area contributed by atoms with E-state index in [1.54, 1.807) is 31.0 Å². The number of hydrogen-bond acceptors (Lipinski definition) is 7. The molecular formula is C22H22N8O2. The molecule has 10 nitrogen and oxygen atoms in total. The van der Waals surface area contributed by atoms with Crippen molar-refractivity contribution in [3.05, 3.63) is 60.6 Å². The summed E-state index contributed by atoms with van der Waals surface area (Å²) < 4.78 is 9.72. The third-order valence-corrected chi connectivity index (χ3v) is 5.36. The average Bonchev–Trinajstić information content (AvgIpc) is 3.45. The number of nitrogens with zero attached hydrogens (tertiary/aromatic N) is 7. The molecule has 4 aromatic heterocycles. The Labute approximate surface area is 184 Å². The van der Waals surface area contributed by atoms with Crippen molar-refractivity contribution in [3.8, 4) is 23.1 Å². The van der Waals surface area contributed by atoms with Crippen LogP contribution in [-0.4, -0.2) is 46.8 Å². The van der Waals surface area contributed by atoms with Gasteiger partial charge in [-0.2, -0.15) is 0 Å². The van der Waals surface area contributed by atoms with E-state index in [0.717, 1.165) is 18.5 Å². The van der Waals surface area contributed by atoms with Crippen LogP contribution in [0.1, 0.15) is 41.9 Å². The fraction of sp³-hybridized carbons (Fsp3) is 0.273. The van der Waals surface area contributed by atoms with Gasteiger partial charge in [-0.15, -0.1) is 10.2 Å². The molecule has 0 spiro atoms. The Bertz CT molecular complexity index is 1280. The number of imidazole rings is 1. The Kier molecular flexibility index (Phi) is 5.10. The van der Waals surface area contributed by atoms with Gasteiger partial charge in [0.05, 0.1) is 30.5 Å². The van der Waals surface area contributed by atoms with E-state index in [-0.39, 0.29) is 17.8 Å². The van der Waals surface area contributed by atoms with E-state index >= 15 is 0 Å². The summed E-state index contributed by atoms with van der Waals surface area (Å²) in [5.74, 6) is 0.990. The van der Waals surface area contributed by atoms with Crippen LogP contribution in [0.25, 0.3) is 17.2 Å². The molecule has 2 bridgehead atoms. The van der Waals surface area contributed by atoms with Crippen LogP contribution in [0.15, 0.2) is 49.3 Å². The molecule has 4 aromatic rings. The van der Waals surface area contributed by atoms with Gasteiger partial charge in [-0.3, -0.25) is 4.79 Å². The second kappa shape index (κ2) is 8.22. The summed E-state index contributed by atoms with van der Waals surface area (Å²) in [5.41, 5.74) is 2.55. The molecule has 10 heteroatoms. The van der Waals surface area contributed by atoms with E-state index in [2.05, 4.69) is 37.4 Å². The largest absolute Gasteiger partial charge is 0.477 e. The van der Waals surface area contributed by atoms with Crippen molar-refractivity contribution in [1.29, 1.82) is 0 Å². The number of aryl methyl sites for hydroxylation is 1. The van der Waals surface area contributed by atoms with Gasteiger partial charge in [0.25, 0.3) is 5.91 Å². The topological polar surface area (TPSA) is 113 Å². The number of carbonyl (C=O) groups is 1. The van der Waals surface area contributed by atoms with Gasteiger partial charge in [0.2, 0.25) is 5.88 Å². The second-order valence-corrected chi connectivity index (χ2v) is 7.73. The molecule has 1 atom stereocenters. The maximum atomic E-state index is 13.2. The lowest BCUT2D eigenvalue weighted by molar-refractivity contribution is 0.102. The number of anilines is 1. The third-order valence-electron chi connectivity index (χ3n) is 5.36. The molecule has 162 valence electrons. The molecule has 1 N–H and O–H groups in total. The Morgan fingerprint density at radius 2 is 2.12 bits per heavy atom. The number of carbonyl (C=O) groups excluding carboxylic acids is 1. The summed E-state index contributed by atoms with van der Waals surface area (Å²) in [6, 6.07) is 7.31. The predicted molar refractivity (Wildman–Crippen MR) is 117 cm³/mol. The lowest BCUT2D eigenvalue weighted by Crippen LogP contribution is -2.17. The molecule has 1 aliphatic rings. The molecule has 32 heavy (non-hydrogen) atoms. The molecule has 0 radical (unpaired) electrons. The summed E-state index contributed by atoms with van der Waals surface area (Å²) in [7, 11) is 0. The first-order chi connectivity index (χ1) is 15.6. The highest BCUT2D eigenvalue weighted by atomic mass is 16.5. The van der Waals surface area contributed by atoms with Crippen LogP contribution >= 0.6 is 0 Å². The Morgan fingerprint density at radius 1 is 1.22 bits per heavy atom. The Balaban J connectivity index is 1.55. The molecule has 5 rings (SSSR count). The van der Waals surface area contributed by atoms with Crippen molar-refractivity contribution < 1.29 is 9.53 Å². The van der Waals surface area contributed by atoms with Crippen LogP contribution in [0.3, 0.4) is 0 Å². The van der Waals surface area contributed by atoms with Gasteiger partial charge < -0.3 is 19.2 Å². The molecule has 1 amide bonds. The molecule has 5 heterocycles. The minimum Gasteiger partial charge on any atom is -0.477 e. The van der Waals surface area contributed by atoms with Gasteiger partial charge in [-0.05, 0) is 44.9 Å². The zero-order valence-electron chi connectivity index (χ0n) is 17.8. The number of hydrogen-bond donors (Lipinski definition) is 1. The maximum Gasteiger partial charge on any atom is 0.262 e. The SMILES string of the molecule is Cc1cn(-c2cnc3c(c2)C(=O)Nc2cccc(n2)-c2nncn2[C@@H](C)CCCO3)cn1. The standard InChI is InChI=1S/C22H22N8O2/c1-14-11-29(12-24-14)16-9-17-21(31)27-19-7-3-6-18(26-19)20-28-25-13-30(20)15(2)5-4-8-32-22(17)23-10-16/h3,6-7,9-13,15H,4-5,8H2,1-2H3,(H,26,27,31)/t15-/m0/s1. The van der Waals surface area contributed by atoms with Crippen molar-refractivity contribution >= 4 is 11.7 Å². The van der Waals surface area contributed by atoms with Crippen LogP contribution in [-0.2, 0) is 0 Å². The number of nitrogens with one attached hydrogen (secondary N) is 1. The smallest absolute Gasteiger partial charge is 0.262 e. The van der Waals surface area contributed by atoms with Crippen molar-refractivity contribution in [1.82, 2.24) is 34.3 Å². The number of amides is 1. The van der Waals surface area contributed by atoms with E-state index in [1.807, 2.05) is 34.4 Å². The average molecular weight is 430 g/mol. The number of aromatic nitrogens is 7. The highest BCUT2D eigenvalue weighted by Crippen LogP contribution is 2.25. The first-order valence-corrected chi connectivity index (χ1v) is 10.4. The summed E-state index contributed by atoms with van der Waals surface area (Å²) in [5, 5.41) is 11.2. The van der Waals surface area contributed by atoms with Crippen LogP contribution in [0.5, 0.6) is 5.88 Å². The predicted octanol–water partition coefficient (Wildman–Crippen LogP) is 3.22.